The molecule has 2 aromatic rings. The van der Waals surface area contributed by atoms with Crippen LogP contribution in [0, 0.1) is 0 Å². The van der Waals surface area contributed by atoms with Crippen LogP contribution in [0.2, 0.25) is 0 Å². The molecule has 0 fully saturated rings. The maximum Gasteiger partial charge on any atom is 0.119 e. The van der Waals surface area contributed by atoms with E-state index in [1.54, 1.807) is 0 Å². The fraction of sp³-hybridized carbons (Fsp3) is 0.294. The van der Waals surface area contributed by atoms with Crippen LogP contribution in [0.3, 0.4) is 0 Å². The Morgan fingerprint density at radius 1 is 1.20 bits per heavy atom. The molecule has 2 aromatic carbocycles. The number of anilines is 1. The fourth-order valence-corrected chi connectivity index (χ4v) is 2.72. The lowest BCUT2D eigenvalue weighted by Gasteiger charge is -2.31. The van der Waals surface area contributed by atoms with Crippen molar-refractivity contribution in [3.8, 4) is 5.75 Å². The minimum Gasteiger partial charge on any atom is -0.494 e. The van der Waals surface area contributed by atoms with Crippen molar-refractivity contribution in [2.45, 2.75) is 25.5 Å². The van der Waals surface area contributed by atoms with Gasteiger partial charge in [-0.05, 0) is 30.7 Å². The molecule has 0 aliphatic carbocycles. The lowest BCUT2D eigenvalue weighted by atomic mass is 9.91. The lowest BCUT2D eigenvalue weighted by molar-refractivity contribution is 0.156. The molecule has 1 aliphatic heterocycles. The summed E-state index contributed by atoms with van der Waals surface area (Å²) in [7, 11) is 0. The van der Waals surface area contributed by atoms with E-state index in [9.17, 15) is 5.11 Å². The van der Waals surface area contributed by atoms with E-state index in [2.05, 4.69) is 11.4 Å². The average Bonchev–Trinajstić information content (AvgIpc) is 2.48. The van der Waals surface area contributed by atoms with Crippen molar-refractivity contribution in [1.29, 1.82) is 0 Å². The van der Waals surface area contributed by atoms with Gasteiger partial charge in [0, 0.05) is 17.7 Å². The summed E-state index contributed by atoms with van der Waals surface area (Å²) in [5.41, 5.74) is 3.13. The van der Waals surface area contributed by atoms with Crippen molar-refractivity contribution >= 4 is 5.69 Å². The first-order valence-electron chi connectivity index (χ1n) is 7.04. The van der Waals surface area contributed by atoms with Crippen LogP contribution in [0.5, 0.6) is 5.75 Å². The summed E-state index contributed by atoms with van der Waals surface area (Å²) in [6.07, 6.45) is 0.250. The Kier molecular flexibility index (Phi) is 3.61. The molecule has 1 heterocycles. The Labute approximate surface area is 119 Å². The van der Waals surface area contributed by atoms with Gasteiger partial charge in [0.05, 0.1) is 18.8 Å². The summed E-state index contributed by atoms with van der Waals surface area (Å²) in [6.45, 7) is 2.64. The zero-order valence-electron chi connectivity index (χ0n) is 11.5. The van der Waals surface area contributed by atoms with Crippen molar-refractivity contribution in [3.63, 3.8) is 0 Å². The molecule has 20 heavy (non-hydrogen) atoms. The molecule has 0 saturated heterocycles. The number of aliphatic hydroxyl groups excluding tert-OH is 1. The van der Waals surface area contributed by atoms with Gasteiger partial charge in [-0.3, -0.25) is 0 Å². The van der Waals surface area contributed by atoms with E-state index in [0.717, 1.165) is 22.6 Å². The van der Waals surface area contributed by atoms with Gasteiger partial charge >= 0.3 is 0 Å². The van der Waals surface area contributed by atoms with Gasteiger partial charge in [0.2, 0.25) is 0 Å². The largest absolute Gasteiger partial charge is 0.494 e. The number of aliphatic hydroxyl groups is 1. The SMILES string of the molecule is CCOc1cccc([C@@H]2C[C@@H](O)c3ccccc3N2)c1. The highest BCUT2D eigenvalue weighted by molar-refractivity contribution is 5.56. The molecule has 3 heteroatoms. The number of hydrogen-bond donors (Lipinski definition) is 2. The molecule has 2 N–H and O–H groups in total. The van der Waals surface area contributed by atoms with Gasteiger partial charge in [0.25, 0.3) is 0 Å². The van der Waals surface area contributed by atoms with Crippen LogP contribution < -0.4 is 10.1 Å². The number of benzene rings is 2. The molecule has 104 valence electrons. The van der Waals surface area contributed by atoms with E-state index in [1.807, 2.05) is 49.4 Å². The minimum atomic E-state index is -0.423. The van der Waals surface area contributed by atoms with Crippen LogP contribution in [0.1, 0.15) is 36.6 Å². The van der Waals surface area contributed by atoms with Gasteiger partial charge in [0.15, 0.2) is 0 Å². The summed E-state index contributed by atoms with van der Waals surface area (Å²) < 4.78 is 5.54. The molecule has 0 saturated carbocycles. The van der Waals surface area contributed by atoms with Crippen LogP contribution in [-0.2, 0) is 0 Å². The fourth-order valence-electron chi connectivity index (χ4n) is 2.72. The van der Waals surface area contributed by atoms with Crippen LogP contribution in [0.25, 0.3) is 0 Å². The van der Waals surface area contributed by atoms with Crippen LogP contribution in [0.4, 0.5) is 5.69 Å². The van der Waals surface area contributed by atoms with Crippen LogP contribution in [-0.4, -0.2) is 11.7 Å². The van der Waals surface area contributed by atoms with Crippen molar-refractivity contribution < 1.29 is 9.84 Å². The topological polar surface area (TPSA) is 41.5 Å². The van der Waals surface area contributed by atoms with Gasteiger partial charge in [0.1, 0.15) is 5.75 Å². The molecule has 0 amide bonds. The second-order valence-electron chi connectivity index (χ2n) is 5.04. The highest BCUT2D eigenvalue weighted by Gasteiger charge is 2.25. The second-order valence-corrected chi connectivity index (χ2v) is 5.04. The summed E-state index contributed by atoms with van der Waals surface area (Å²) in [5, 5.41) is 13.8. The number of nitrogens with one attached hydrogen (secondary N) is 1. The molecule has 0 spiro atoms. The number of rotatable bonds is 3. The van der Waals surface area contributed by atoms with Gasteiger partial charge < -0.3 is 15.2 Å². The van der Waals surface area contributed by atoms with Crippen molar-refractivity contribution in [3.05, 3.63) is 59.7 Å². The Morgan fingerprint density at radius 2 is 2.05 bits per heavy atom. The third-order valence-electron chi connectivity index (χ3n) is 3.68. The average molecular weight is 269 g/mol. The predicted molar refractivity (Wildman–Crippen MR) is 80.0 cm³/mol. The summed E-state index contributed by atoms with van der Waals surface area (Å²) in [5.74, 6) is 0.875. The Bertz CT molecular complexity index is 597. The molecular formula is C17H19NO2. The van der Waals surface area contributed by atoms with Gasteiger partial charge in [-0.25, -0.2) is 0 Å². The smallest absolute Gasteiger partial charge is 0.119 e. The highest BCUT2D eigenvalue weighted by Crippen LogP contribution is 2.39. The van der Waals surface area contributed by atoms with E-state index in [1.165, 1.54) is 0 Å². The zero-order valence-corrected chi connectivity index (χ0v) is 11.5. The third-order valence-corrected chi connectivity index (χ3v) is 3.68. The van der Waals surface area contributed by atoms with Crippen LogP contribution >= 0.6 is 0 Å². The minimum absolute atomic E-state index is 0.111. The first kappa shape index (κ1) is 13.0. The maximum absolute atomic E-state index is 10.3. The maximum atomic E-state index is 10.3. The standard InChI is InChI=1S/C17H19NO2/c1-2-20-13-7-5-6-12(10-13)16-11-17(19)14-8-3-4-9-15(14)18-16/h3-10,16-19H,2,11H2,1H3/t16-,17+/m0/s1. The molecule has 1 aliphatic rings. The van der Waals surface area contributed by atoms with E-state index in [4.69, 9.17) is 4.74 Å². The number of fused-ring (bicyclic) bond motifs is 1. The molecule has 3 rings (SSSR count). The molecular weight excluding hydrogens is 250 g/mol. The second kappa shape index (κ2) is 5.55. The molecule has 0 radical (unpaired) electrons. The van der Waals surface area contributed by atoms with Crippen molar-refractivity contribution in [2.24, 2.45) is 0 Å². The monoisotopic (exact) mass is 269 g/mol. The molecule has 0 unspecified atom stereocenters. The third kappa shape index (κ3) is 2.49. The zero-order chi connectivity index (χ0) is 13.9. The van der Waals surface area contributed by atoms with Crippen molar-refractivity contribution in [1.82, 2.24) is 0 Å². The molecule has 0 bridgehead atoms. The molecule has 0 aromatic heterocycles. The summed E-state index contributed by atoms with van der Waals surface area (Å²) in [4.78, 5) is 0. The summed E-state index contributed by atoms with van der Waals surface area (Å²) in [6, 6.07) is 16.1. The van der Waals surface area contributed by atoms with E-state index in [0.29, 0.717) is 13.0 Å². The van der Waals surface area contributed by atoms with Crippen molar-refractivity contribution in [2.75, 3.05) is 11.9 Å². The lowest BCUT2D eigenvalue weighted by Crippen LogP contribution is -2.21. The molecule has 2 atom stereocenters. The Morgan fingerprint density at radius 3 is 2.90 bits per heavy atom. The van der Waals surface area contributed by atoms with Crippen LogP contribution in [0.15, 0.2) is 48.5 Å². The van der Waals surface area contributed by atoms with Gasteiger partial charge in [-0.1, -0.05) is 30.3 Å². The van der Waals surface area contributed by atoms with E-state index in [-0.39, 0.29) is 6.04 Å². The Hall–Kier alpha value is -2.00. The normalized spacial score (nSPS) is 20.9. The number of hydrogen-bond acceptors (Lipinski definition) is 3. The first-order valence-corrected chi connectivity index (χ1v) is 7.04. The Balaban J connectivity index is 1.87. The van der Waals surface area contributed by atoms with Gasteiger partial charge in [-0.2, -0.15) is 0 Å². The van der Waals surface area contributed by atoms with E-state index >= 15 is 0 Å². The number of ether oxygens (including phenoxy) is 1. The summed E-state index contributed by atoms with van der Waals surface area (Å²) >= 11 is 0. The predicted octanol–water partition coefficient (Wildman–Crippen LogP) is 3.68. The first-order chi connectivity index (χ1) is 9.78. The molecule has 3 nitrogen and oxygen atoms in total. The van der Waals surface area contributed by atoms with E-state index < -0.39 is 6.10 Å². The number of para-hydroxylation sites is 1. The quantitative estimate of drug-likeness (QED) is 0.893. The highest BCUT2D eigenvalue weighted by atomic mass is 16.5. The van der Waals surface area contributed by atoms with Gasteiger partial charge in [-0.15, -0.1) is 0 Å².